The number of fused-ring (bicyclic) bond motifs is 1. The van der Waals surface area contributed by atoms with Gasteiger partial charge >= 0.3 is 11.7 Å². The van der Waals surface area contributed by atoms with Gasteiger partial charge in [-0.1, -0.05) is 6.07 Å². The molecule has 0 spiro atoms. The molecule has 4 N–H and O–H groups in total. The topological polar surface area (TPSA) is 109 Å². The molecule has 2 amide bonds. The Morgan fingerprint density at radius 2 is 1.85 bits per heavy atom. The van der Waals surface area contributed by atoms with Gasteiger partial charge in [-0.25, -0.2) is 9.59 Å². The molecule has 2 aliphatic heterocycles. The molecule has 2 saturated heterocycles. The van der Waals surface area contributed by atoms with E-state index < -0.39 is 5.69 Å². The number of rotatable bonds is 3. The Morgan fingerprint density at radius 3 is 2.61 bits per heavy atom. The SMILES string of the molecule is NC1CCN(C2CCc3cc(-n4ccc(NC(=O)N5CCNCC5)nc4=O)ccc3C2)CC1. The van der Waals surface area contributed by atoms with E-state index in [1.807, 2.05) is 6.07 Å². The molecule has 176 valence electrons. The molecule has 0 radical (unpaired) electrons. The van der Waals surface area contributed by atoms with Crippen LogP contribution in [-0.4, -0.2) is 76.7 Å². The van der Waals surface area contributed by atoms with Crippen molar-refractivity contribution in [3.05, 3.63) is 52.1 Å². The van der Waals surface area contributed by atoms with Crippen molar-refractivity contribution in [3.63, 3.8) is 0 Å². The number of aryl methyl sites for hydroxylation is 1. The molecule has 33 heavy (non-hydrogen) atoms. The smallest absolute Gasteiger partial charge is 0.328 e. The van der Waals surface area contributed by atoms with Gasteiger partial charge in [0, 0.05) is 44.5 Å². The van der Waals surface area contributed by atoms with Crippen LogP contribution in [0.1, 0.15) is 30.4 Å². The molecule has 5 rings (SSSR count). The van der Waals surface area contributed by atoms with Crippen LogP contribution in [0.15, 0.2) is 35.3 Å². The summed E-state index contributed by atoms with van der Waals surface area (Å²) in [6.45, 7) is 5.02. The fourth-order valence-electron chi connectivity index (χ4n) is 5.19. The maximum Gasteiger partial charge on any atom is 0.354 e. The van der Waals surface area contributed by atoms with Crippen molar-refractivity contribution in [2.45, 2.75) is 44.2 Å². The molecule has 3 aliphatic rings. The number of piperidine rings is 1. The molecular formula is C24H33N7O2. The van der Waals surface area contributed by atoms with E-state index in [0.29, 0.717) is 25.2 Å². The number of nitrogens with one attached hydrogen (secondary N) is 2. The van der Waals surface area contributed by atoms with E-state index in [-0.39, 0.29) is 11.8 Å². The molecule has 1 aromatic carbocycles. The molecule has 0 saturated carbocycles. The minimum absolute atomic E-state index is 0.222. The van der Waals surface area contributed by atoms with Gasteiger partial charge in [0.1, 0.15) is 5.82 Å². The first-order valence-electron chi connectivity index (χ1n) is 12.0. The maximum absolute atomic E-state index is 12.7. The Labute approximate surface area is 194 Å². The number of benzene rings is 1. The summed E-state index contributed by atoms with van der Waals surface area (Å²) in [5.41, 5.74) is 9.16. The summed E-state index contributed by atoms with van der Waals surface area (Å²) in [5.74, 6) is 0.279. The number of carbonyl (C=O) groups is 1. The quantitative estimate of drug-likeness (QED) is 0.641. The number of hydrogen-bond acceptors (Lipinski definition) is 6. The molecule has 0 bridgehead atoms. The Bertz CT molecular complexity index is 1060. The number of hydrogen-bond donors (Lipinski definition) is 3. The van der Waals surface area contributed by atoms with Gasteiger partial charge in [0.15, 0.2) is 0 Å². The minimum Gasteiger partial charge on any atom is -0.328 e. The van der Waals surface area contributed by atoms with E-state index in [1.54, 1.807) is 21.7 Å². The third-order valence-electron chi connectivity index (χ3n) is 7.20. The average molecular weight is 452 g/mol. The van der Waals surface area contributed by atoms with E-state index in [2.05, 4.69) is 32.7 Å². The van der Waals surface area contributed by atoms with Gasteiger partial charge in [-0.15, -0.1) is 0 Å². The van der Waals surface area contributed by atoms with Crippen LogP contribution in [-0.2, 0) is 12.8 Å². The monoisotopic (exact) mass is 451 g/mol. The minimum atomic E-state index is -0.397. The van der Waals surface area contributed by atoms with Crippen LogP contribution >= 0.6 is 0 Å². The number of likely N-dealkylation sites (tertiary alicyclic amines) is 1. The molecule has 3 heterocycles. The Morgan fingerprint density at radius 1 is 1.06 bits per heavy atom. The Hall–Kier alpha value is -2.75. The number of anilines is 1. The molecule has 9 nitrogen and oxygen atoms in total. The highest BCUT2D eigenvalue weighted by Gasteiger charge is 2.27. The van der Waals surface area contributed by atoms with Gasteiger partial charge in [0.25, 0.3) is 0 Å². The van der Waals surface area contributed by atoms with E-state index in [9.17, 15) is 9.59 Å². The molecule has 2 aromatic rings. The first-order valence-corrected chi connectivity index (χ1v) is 12.0. The lowest BCUT2D eigenvalue weighted by Crippen LogP contribution is -2.48. The fourth-order valence-corrected chi connectivity index (χ4v) is 5.19. The third-order valence-corrected chi connectivity index (χ3v) is 7.20. The standard InChI is InChI=1S/C24H33N7O2/c25-19-5-10-29(11-6-19)20-3-1-18-16-21(4-2-17(18)15-20)31-12-7-22(28-24(31)33)27-23(32)30-13-8-26-9-14-30/h2,4,7,12,16,19-20,26H,1,3,5-6,8-11,13-15,25H2,(H,27,28,32,33). The van der Waals surface area contributed by atoms with Crippen LogP contribution in [0, 0.1) is 0 Å². The van der Waals surface area contributed by atoms with E-state index in [0.717, 1.165) is 64.0 Å². The summed E-state index contributed by atoms with van der Waals surface area (Å²) in [5, 5.41) is 5.95. The van der Waals surface area contributed by atoms with E-state index in [4.69, 9.17) is 5.73 Å². The third kappa shape index (κ3) is 4.95. The molecule has 1 aliphatic carbocycles. The molecule has 1 aromatic heterocycles. The summed E-state index contributed by atoms with van der Waals surface area (Å²) < 4.78 is 1.54. The van der Waals surface area contributed by atoms with Crippen molar-refractivity contribution in [1.82, 2.24) is 24.7 Å². The number of piperazine rings is 1. The van der Waals surface area contributed by atoms with Gasteiger partial charge in [-0.05, 0) is 74.5 Å². The zero-order valence-electron chi connectivity index (χ0n) is 19.0. The molecule has 1 atom stereocenters. The zero-order valence-corrected chi connectivity index (χ0v) is 19.0. The number of nitrogens with zero attached hydrogens (tertiary/aromatic N) is 4. The van der Waals surface area contributed by atoms with Gasteiger partial charge in [0.2, 0.25) is 0 Å². The summed E-state index contributed by atoms with van der Waals surface area (Å²) in [7, 11) is 0. The first-order chi connectivity index (χ1) is 16.1. The van der Waals surface area contributed by atoms with Crippen molar-refractivity contribution in [3.8, 4) is 5.69 Å². The van der Waals surface area contributed by atoms with Crippen LogP contribution in [0.5, 0.6) is 0 Å². The van der Waals surface area contributed by atoms with Crippen molar-refractivity contribution < 1.29 is 4.79 Å². The lowest BCUT2D eigenvalue weighted by Gasteiger charge is -2.39. The van der Waals surface area contributed by atoms with Crippen molar-refractivity contribution in [2.24, 2.45) is 5.73 Å². The second-order valence-corrected chi connectivity index (χ2v) is 9.36. The summed E-state index contributed by atoms with van der Waals surface area (Å²) in [6.07, 6.45) is 7.06. The van der Waals surface area contributed by atoms with Gasteiger partial charge in [-0.2, -0.15) is 4.98 Å². The lowest BCUT2D eigenvalue weighted by atomic mass is 9.86. The number of nitrogens with two attached hydrogens (primary N) is 1. The number of amides is 2. The molecular weight excluding hydrogens is 418 g/mol. The van der Waals surface area contributed by atoms with Crippen LogP contribution in [0.4, 0.5) is 10.6 Å². The van der Waals surface area contributed by atoms with Gasteiger partial charge < -0.3 is 16.0 Å². The largest absolute Gasteiger partial charge is 0.354 e. The molecule has 2 fully saturated rings. The normalized spacial score (nSPS) is 22.1. The van der Waals surface area contributed by atoms with E-state index >= 15 is 0 Å². The number of aromatic nitrogens is 2. The van der Waals surface area contributed by atoms with Gasteiger partial charge in [-0.3, -0.25) is 14.8 Å². The van der Waals surface area contributed by atoms with Crippen LogP contribution < -0.4 is 22.1 Å². The van der Waals surface area contributed by atoms with Crippen molar-refractivity contribution in [2.75, 3.05) is 44.6 Å². The Kier molecular flexibility index (Phi) is 6.43. The highest BCUT2D eigenvalue weighted by atomic mass is 16.2. The molecule has 1 unspecified atom stereocenters. The average Bonchev–Trinajstić information content (AvgIpc) is 2.84. The van der Waals surface area contributed by atoms with Crippen LogP contribution in [0.25, 0.3) is 5.69 Å². The predicted molar refractivity (Wildman–Crippen MR) is 128 cm³/mol. The lowest BCUT2D eigenvalue weighted by molar-refractivity contribution is 0.141. The number of urea groups is 1. The van der Waals surface area contributed by atoms with Crippen molar-refractivity contribution in [1.29, 1.82) is 0 Å². The van der Waals surface area contributed by atoms with Crippen LogP contribution in [0.2, 0.25) is 0 Å². The maximum atomic E-state index is 12.7. The van der Waals surface area contributed by atoms with Crippen LogP contribution in [0.3, 0.4) is 0 Å². The second-order valence-electron chi connectivity index (χ2n) is 9.36. The van der Waals surface area contributed by atoms with E-state index in [1.165, 1.54) is 11.1 Å². The second kappa shape index (κ2) is 9.62. The highest BCUT2D eigenvalue weighted by molar-refractivity contribution is 5.88. The summed E-state index contributed by atoms with van der Waals surface area (Å²) in [4.78, 5) is 33.5. The zero-order chi connectivity index (χ0) is 22.8. The fraction of sp³-hybridized carbons (Fsp3) is 0.542. The molecule has 9 heteroatoms. The number of carbonyl (C=O) groups excluding carboxylic acids is 1. The summed E-state index contributed by atoms with van der Waals surface area (Å²) in [6, 6.07) is 8.65. The first kappa shape index (κ1) is 22.1. The highest BCUT2D eigenvalue weighted by Crippen LogP contribution is 2.28. The van der Waals surface area contributed by atoms with Crippen molar-refractivity contribution >= 4 is 11.8 Å². The predicted octanol–water partition coefficient (Wildman–Crippen LogP) is 0.950. The Balaban J connectivity index is 1.26. The van der Waals surface area contributed by atoms with Gasteiger partial charge in [0.05, 0.1) is 5.69 Å². The summed E-state index contributed by atoms with van der Waals surface area (Å²) >= 11 is 0.